The minimum Gasteiger partial charge on any atom is -0.497 e. The Hall–Kier alpha value is -2.74. The van der Waals surface area contributed by atoms with Gasteiger partial charge in [0.2, 0.25) is 11.7 Å². The molecule has 4 rings (SSSR count). The monoisotopic (exact) mass is 454 g/mol. The van der Waals surface area contributed by atoms with E-state index in [1.165, 1.54) is 31.0 Å². The number of hydrogen-bond acceptors (Lipinski definition) is 6. The van der Waals surface area contributed by atoms with Crippen molar-refractivity contribution < 1.29 is 13.9 Å². The molecule has 7 nitrogen and oxygen atoms in total. The van der Waals surface area contributed by atoms with Crippen molar-refractivity contribution >= 4 is 17.7 Å². The normalized spacial score (nSPS) is 15.4. The number of nitrogens with zero attached hydrogens (tertiary/aromatic N) is 3. The highest BCUT2D eigenvalue weighted by Gasteiger charge is 2.27. The van der Waals surface area contributed by atoms with Crippen molar-refractivity contribution in [2.75, 3.05) is 13.7 Å². The molecule has 1 unspecified atom stereocenters. The molecule has 1 atom stereocenters. The first kappa shape index (κ1) is 22.5. The SMILES string of the molecule is COc1ccc(CCNC(=O)C(C)Sc2nnc(-c3ccco3)n2C2CCCCC2)cc1. The fourth-order valence-corrected chi connectivity index (χ4v) is 5.02. The highest BCUT2D eigenvalue weighted by atomic mass is 32.2. The van der Waals surface area contributed by atoms with Gasteiger partial charge in [-0.05, 0) is 56.0 Å². The molecule has 1 fully saturated rings. The third-order valence-electron chi connectivity index (χ3n) is 5.87. The molecule has 170 valence electrons. The number of ether oxygens (including phenoxy) is 1. The average molecular weight is 455 g/mol. The van der Waals surface area contributed by atoms with Crippen LogP contribution in [0.5, 0.6) is 5.75 Å². The van der Waals surface area contributed by atoms with Crippen LogP contribution in [0.25, 0.3) is 11.6 Å². The summed E-state index contributed by atoms with van der Waals surface area (Å²) in [5, 5.41) is 12.4. The van der Waals surface area contributed by atoms with Crippen LogP contribution in [0.2, 0.25) is 0 Å². The lowest BCUT2D eigenvalue weighted by molar-refractivity contribution is -0.120. The summed E-state index contributed by atoms with van der Waals surface area (Å²) in [7, 11) is 1.65. The van der Waals surface area contributed by atoms with Crippen LogP contribution in [0.4, 0.5) is 0 Å². The summed E-state index contributed by atoms with van der Waals surface area (Å²) in [5.41, 5.74) is 1.16. The summed E-state index contributed by atoms with van der Waals surface area (Å²) in [5.74, 6) is 2.29. The predicted octanol–water partition coefficient (Wildman–Crippen LogP) is 4.89. The van der Waals surface area contributed by atoms with Gasteiger partial charge in [0.1, 0.15) is 5.75 Å². The Kier molecular flexibility index (Phi) is 7.52. The zero-order chi connectivity index (χ0) is 22.3. The van der Waals surface area contributed by atoms with E-state index in [4.69, 9.17) is 9.15 Å². The van der Waals surface area contributed by atoms with E-state index in [-0.39, 0.29) is 11.2 Å². The number of methoxy groups -OCH3 is 1. The molecule has 32 heavy (non-hydrogen) atoms. The van der Waals surface area contributed by atoms with Crippen LogP contribution in [0, 0.1) is 0 Å². The Morgan fingerprint density at radius 3 is 2.69 bits per heavy atom. The van der Waals surface area contributed by atoms with E-state index >= 15 is 0 Å². The second-order valence-electron chi connectivity index (χ2n) is 8.09. The fourth-order valence-electron chi connectivity index (χ4n) is 4.08. The Balaban J connectivity index is 1.39. The summed E-state index contributed by atoms with van der Waals surface area (Å²) >= 11 is 1.46. The largest absolute Gasteiger partial charge is 0.497 e. The molecular weight excluding hydrogens is 424 g/mol. The van der Waals surface area contributed by atoms with Crippen molar-refractivity contribution in [3.8, 4) is 17.3 Å². The van der Waals surface area contributed by atoms with Gasteiger partial charge >= 0.3 is 0 Å². The van der Waals surface area contributed by atoms with Gasteiger partial charge in [0.05, 0.1) is 18.6 Å². The Morgan fingerprint density at radius 2 is 2.00 bits per heavy atom. The van der Waals surface area contributed by atoms with Gasteiger partial charge in [-0.15, -0.1) is 10.2 Å². The molecule has 2 heterocycles. The molecule has 8 heteroatoms. The fraction of sp³-hybridized carbons (Fsp3) is 0.458. The molecule has 1 N–H and O–H groups in total. The van der Waals surface area contributed by atoms with Crippen LogP contribution in [0.1, 0.15) is 50.6 Å². The third-order valence-corrected chi connectivity index (χ3v) is 6.93. The van der Waals surface area contributed by atoms with Crippen molar-refractivity contribution in [2.45, 2.75) is 61.9 Å². The zero-order valence-electron chi connectivity index (χ0n) is 18.6. The molecule has 3 aromatic rings. The zero-order valence-corrected chi connectivity index (χ0v) is 19.4. The maximum absolute atomic E-state index is 12.7. The molecule has 0 bridgehead atoms. The first-order chi connectivity index (χ1) is 15.7. The lowest BCUT2D eigenvalue weighted by atomic mass is 9.95. The Morgan fingerprint density at radius 1 is 1.22 bits per heavy atom. The van der Waals surface area contributed by atoms with Crippen LogP contribution >= 0.6 is 11.8 Å². The summed E-state index contributed by atoms with van der Waals surface area (Å²) in [6, 6.07) is 12.0. The average Bonchev–Trinajstić information content (AvgIpc) is 3.50. The van der Waals surface area contributed by atoms with Crippen molar-refractivity contribution in [1.29, 1.82) is 0 Å². The topological polar surface area (TPSA) is 82.2 Å². The number of nitrogens with one attached hydrogen (secondary N) is 1. The van der Waals surface area contributed by atoms with E-state index in [1.807, 2.05) is 43.3 Å². The van der Waals surface area contributed by atoms with Gasteiger partial charge in [0, 0.05) is 12.6 Å². The summed E-state index contributed by atoms with van der Waals surface area (Å²) < 4.78 is 13.0. The molecule has 1 aliphatic rings. The Bertz CT molecular complexity index is 995. The number of amides is 1. The number of thioether (sulfide) groups is 1. The van der Waals surface area contributed by atoms with Gasteiger partial charge in [0.25, 0.3) is 0 Å². The predicted molar refractivity (Wildman–Crippen MR) is 125 cm³/mol. The number of rotatable bonds is 9. The van der Waals surface area contributed by atoms with Gasteiger partial charge in [0.15, 0.2) is 10.9 Å². The van der Waals surface area contributed by atoms with Gasteiger partial charge in [-0.1, -0.05) is 43.2 Å². The van der Waals surface area contributed by atoms with Crippen molar-refractivity contribution in [1.82, 2.24) is 20.1 Å². The number of benzene rings is 1. The van der Waals surface area contributed by atoms with Gasteiger partial charge in [-0.3, -0.25) is 9.36 Å². The maximum Gasteiger partial charge on any atom is 0.233 e. The van der Waals surface area contributed by atoms with Gasteiger partial charge in [-0.25, -0.2) is 0 Å². The molecule has 0 radical (unpaired) electrons. The number of aromatic nitrogens is 3. The second kappa shape index (κ2) is 10.7. The van der Waals surface area contributed by atoms with E-state index in [0.717, 1.165) is 41.6 Å². The molecular formula is C24H30N4O3S. The highest BCUT2D eigenvalue weighted by Crippen LogP contribution is 2.36. The van der Waals surface area contributed by atoms with E-state index in [0.29, 0.717) is 18.3 Å². The maximum atomic E-state index is 12.7. The molecule has 1 saturated carbocycles. The lowest BCUT2D eigenvalue weighted by Gasteiger charge is -2.25. The number of carbonyl (C=O) groups excluding carboxylic acids is 1. The molecule has 2 aromatic heterocycles. The molecule has 0 saturated heterocycles. The van der Waals surface area contributed by atoms with E-state index in [1.54, 1.807) is 13.4 Å². The number of hydrogen-bond donors (Lipinski definition) is 1. The van der Waals surface area contributed by atoms with Crippen LogP contribution in [-0.2, 0) is 11.2 Å². The smallest absolute Gasteiger partial charge is 0.233 e. The molecule has 0 aliphatic heterocycles. The molecule has 1 aliphatic carbocycles. The molecule has 1 aromatic carbocycles. The summed E-state index contributed by atoms with van der Waals surface area (Å²) in [4.78, 5) is 12.7. The van der Waals surface area contributed by atoms with E-state index in [2.05, 4.69) is 20.1 Å². The first-order valence-electron chi connectivity index (χ1n) is 11.2. The minimum atomic E-state index is -0.276. The highest BCUT2D eigenvalue weighted by molar-refractivity contribution is 8.00. The van der Waals surface area contributed by atoms with Crippen LogP contribution in [-0.4, -0.2) is 39.6 Å². The summed E-state index contributed by atoms with van der Waals surface area (Å²) in [6.07, 6.45) is 8.29. The van der Waals surface area contributed by atoms with E-state index in [9.17, 15) is 4.79 Å². The molecule has 1 amide bonds. The third kappa shape index (κ3) is 5.35. The van der Waals surface area contributed by atoms with E-state index < -0.39 is 0 Å². The van der Waals surface area contributed by atoms with Gasteiger partial charge < -0.3 is 14.5 Å². The van der Waals surface area contributed by atoms with Crippen molar-refractivity contribution in [2.24, 2.45) is 0 Å². The number of carbonyl (C=O) groups is 1. The first-order valence-corrected chi connectivity index (χ1v) is 12.1. The number of furan rings is 1. The second-order valence-corrected chi connectivity index (χ2v) is 9.40. The molecule has 0 spiro atoms. The lowest BCUT2D eigenvalue weighted by Crippen LogP contribution is -2.32. The Labute approximate surface area is 192 Å². The van der Waals surface area contributed by atoms with Crippen LogP contribution in [0.3, 0.4) is 0 Å². The van der Waals surface area contributed by atoms with Crippen LogP contribution in [0.15, 0.2) is 52.2 Å². The van der Waals surface area contributed by atoms with Crippen LogP contribution < -0.4 is 10.1 Å². The van der Waals surface area contributed by atoms with Crippen molar-refractivity contribution in [3.63, 3.8) is 0 Å². The summed E-state index contributed by atoms with van der Waals surface area (Å²) in [6.45, 7) is 2.50. The standard InChI is InChI=1S/C24H30N4O3S/c1-17(23(29)25-15-14-18-10-12-20(30-2)13-11-18)32-24-27-26-22(21-9-6-16-31-21)28(24)19-7-4-3-5-8-19/h6,9-13,16-17,19H,3-5,7-8,14-15H2,1-2H3,(H,25,29). The minimum absolute atomic E-state index is 0.00116. The van der Waals surface area contributed by atoms with Crippen molar-refractivity contribution in [3.05, 3.63) is 48.2 Å². The van der Waals surface area contributed by atoms with Gasteiger partial charge in [-0.2, -0.15) is 0 Å². The quantitative estimate of drug-likeness (QED) is 0.464.